The van der Waals surface area contributed by atoms with E-state index in [2.05, 4.69) is 10.6 Å². The van der Waals surface area contributed by atoms with Crippen molar-refractivity contribution in [2.75, 3.05) is 20.1 Å². The highest BCUT2D eigenvalue weighted by Gasteiger charge is 2.34. The Bertz CT molecular complexity index is 613. The summed E-state index contributed by atoms with van der Waals surface area (Å²) in [6.07, 6.45) is 0. The van der Waals surface area contributed by atoms with Crippen molar-refractivity contribution in [3.63, 3.8) is 0 Å². The first-order chi connectivity index (χ1) is 9.87. The van der Waals surface area contributed by atoms with E-state index in [0.717, 1.165) is 0 Å². The van der Waals surface area contributed by atoms with Crippen LogP contribution >= 0.6 is 0 Å². The zero-order chi connectivity index (χ0) is 15.6. The predicted molar refractivity (Wildman–Crippen MR) is 80.7 cm³/mol. The van der Waals surface area contributed by atoms with Crippen molar-refractivity contribution in [3.05, 3.63) is 29.8 Å². The van der Waals surface area contributed by atoms with Crippen molar-refractivity contribution in [1.29, 1.82) is 0 Å². The lowest BCUT2D eigenvalue weighted by atomic mass is 10.1. The van der Waals surface area contributed by atoms with E-state index < -0.39 is 10.0 Å². The first-order valence-corrected chi connectivity index (χ1v) is 8.39. The number of carbonyl (C=O) groups excluding carboxylic acids is 1. The maximum atomic E-state index is 12.7. The van der Waals surface area contributed by atoms with E-state index in [0.29, 0.717) is 18.7 Å². The number of sulfonamides is 1. The van der Waals surface area contributed by atoms with E-state index in [1.807, 2.05) is 13.8 Å². The minimum absolute atomic E-state index is 0.109. The topological polar surface area (TPSA) is 78.5 Å². The van der Waals surface area contributed by atoms with Gasteiger partial charge in [-0.3, -0.25) is 4.79 Å². The van der Waals surface area contributed by atoms with E-state index in [9.17, 15) is 13.2 Å². The summed E-state index contributed by atoms with van der Waals surface area (Å²) in [5, 5.41) is 5.77. The normalized spacial score (nSPS) is 23.8. The lowest BCUT2D eigenvalue weighted by Gasteiger charge is -2.37. The number of carbonyl (C=O) groups is 1. The van der Waals surface area contributed by atoms with Crippen LogP contribution in [-0.4, -0.2) is 50.9 Å². The average Bonchev–Trinajstić information content (AvgIpc) is 2.49. The van der Waals surface area contributed by atoms with Gasteiger partial charge < -0.3 is 10.6 Å². The van der Waals surface area contributed by atoms with Gasteiger partial charge in [0, 0.05) is 37.8 Å². The first-order valence-electron chi connectivity index (χ1n) is 6.95. The highest BCUT2D eigenvalue weighted by Crippen LogP contribution is 2.21. The third-order valence-electron chi connectivity index (χ3n) is 3.93. The molecule has 1 fully saturated rings. The highest BCUT2D eigenvalue weighted by molar-refractivity contribution is 7.89. The van der Waals surface area contributed by atoms with E-state index in [4.69, 9.17) is 0 Å². The predicted octanol–water partition coefficient (Wildman–Crippen LogP) is 0.417. The number of nitrogens with zero attached hydrogens (tertiary/aromatic N) is 1. The summed E-state index contributed by atoms with van der Waals surface area (Å²) in [6, 6.07) is 6.03. The Labute approximate surface area is 125 Å². The van der Waals surface area contributed by atoms with Crippen molar-refractivity contribution in [2.24, 2.45) is 0 Å². The zero-order valence-corrected chi connectivity index (χ0v) is 13.3. The summed E-state index contributed by atoms with van der Waals surface area (Å²) in [7, 11) is -1.99. The maximum absolute atomic E-state index is 12.7. The molecule has 0 radical (unpaired) electrons. The van der Waals surface area contributed by atoms with Crippen LogP contribution in [0.15, 0.2) is 29.2 Å². The summed E-state index contributed by atoms with van der Waals surface area (Å²) < 4.78 is 26.9. The minimum Gasteiger partial charge on any atom is -0.355 e. The summed E-state index contributed by atoms with van der Waals surface area (Å²) >= 11 is 0. The molecule has 1 aromatic carbocycles. The molecular formula is C14H21N3O3S. The quantitative estimate of drug-likeness (QED) is 0.848. The highest BCUT2D eigenvalue weighted by atomic mass is 32.2. The number of hydrogen-bond acceptors (Lipinski definition) is 4. The lowest BCUT2D eigenvalue weighted by molar-refractivity contribution is 0.0963. The molecule has 7 heteroatoms. The molecule has 1 saturated heterocycles. The first kappa shape index (κ1) is 15.9. The van der Waals surface area contributed by atoms with Gasteiger partial charge in [0.1, 0.15) is 0 Å². The fourth-order valence-corrected chi connectivity index (χ4v) is 4.13. The third-order valence-corrected chi connectivity index (χ3v) is 5.93. The molecule has 6 nitrogen and oxygen atoms in total. The summed E-state index contributed by atoms with van der Waals surface area (Å²) in [5.74, 6) is -0.233. The second-order valence-corrected chi connectivity index (χ2v) is 7.09. The van der Waals surface area contributed by atoms with Crippen molar-refractivity contribution >= 4 is 15.9 Å². The molecule has 2 N–H and O–H groups in total. The van der Waals surface area contributed by atoms with Gasteiger partial charge in [0.05, 0.1) is 4.90 Å². The Morgan fingerprint density at radius 2 is 1.90 bits per heavy atom. The molecule has 0 bridgehead atoms. The maximum Gasteiger partial charge on any atom is 0.251 e. The fourth-order valence-electron chi connectivity index (χ4n) is 2.42. The minimum atomic E-state index is -3.53. The average molecular weight is 311 g/mol. The Kier molecular flexibility index (Phi) is 4.65. The van der Waals surface area contributed by atoms with Crippen molar-refractivity contribution < 1.29 is 13.2 Å². The molecule has 0 aliphatic carbocycles. The zero-order valence-electron chi connectivity index (χ0n) is 12.5. The number of amides is 1. The van der Waals surface area contributed by atoms with Gasteiger partial charge in [0.25, 0.3) is 5.91 Å². The monoisotopic (exact) mass is 311 g/mol. The van der Waals surface area contributed by atoms with Gasteiger partial charge in [0.2, 0.25) is 10.0 Å². The molecule has 2 rings (SSSR count). The molecule has 2 atom stereocenters. The second-order valence-electron chi connectivity index (χ2n) is 5.20. The number of rotatable bonds is 3. The fraction of sp³-hybridized carbons (Fsp3) is 0.500. The Balaban J connectivity index is 2.29. The van der Waals surface area contributed by atoms with Gasteiger partial charge in [-0.15, -0.1) is 0 Å². The van der Waals surface area contributed by atoms with Crippen molar-refractivity contribution in [3.8, 4) is 0 Å². The molecule has 0 saturated carbocycles. The summed E-state index contributed by atoms with van der Waals surface area (Å²) in [6.45, 7) is 4.96. The van der Waals surface area contributed by atoms with Gasteiger partial charge >= 0.3 is 0 Å². The van der Waals surface area contributed by atoms with Crippen LogP contribution in [-0.2, 0) is 10.0 Å². The van der Waals surface area contributed by atoms with Crippen LogP contribution in [0.5, 0.6) is 0 Å². The van der Waals surface area contributed by atoms with Crippen LogP contribution in [0.3, 0.4) is 0 Å². The van der Waals surface area contributed by atoms with E-state index in [1.54, 1.807) is 0 Å². The second kappa shape index (κ2) is 6.13. The number of piperazine rings is 1. The standard InChI is InChI=1S/C14H21N3O3S/c1-10-11(2)17(9-8-16-10)21(19,20)13-6-4-12(5-7-13)14(18)15-3/h4-7,10-11,16H,8-9H2,1-3H3,(H,15,18). The van der Waals surface area contributed by atoms with Crippen LogP contribution in [0, 0.1) is 0 Å². The molecule has 21 heavy (non-hydrogen) atoms. The molecule has 2 unspecified atom stereocenters. The number of nitrogens with one attached hydrogen (secondary N) is 2. The molecule has 1 aliphatic rings. The molecular weight excluding hydrogens is 290 g/mol. The number of benzene rings is 1. The van der Waals surface area contributed by atoms with E-state index in [-0.39, 0.29) is 22.9 Å². The lowest BCUT2D eigenvalue weighted by Crippen LogP contribution is -2.57. The van der Waals surface area contributed by atoms with Crippen LogP contribution in [0.2, 0.25) is 0 Å². The van der Waals surface area contributed by atoms with Crippen LogP contribution < -0.4 is 10.6 Å². The van der Waals surface area contributed by atoms with Crippen LogP contribution in [0.1, 0.15) is 24.2 Å². The van der Waals surface area contributed by atoms with E-state index >= 15 is 0 Å². The molecule has 0 aromatic heterocycles. The van der Waals surface area contributed by atoms with Crippen molar-refractivity contribution in [2.45, 2.75) is 30.8 Å². The van der Waals surface area contributed by atoms with E-state index in [1.165, 1.54) is 35.6 Å². The van der Waals surface area contributed by atoms with Gasteiger partial charge in [0.15, 0.2) is 0 Å². The summed E-state index contributed by atoms with van der Waals surface area (Å²) in [4.78, 5) is 11.7. The third kappa shape index (κ3) is 3.09. The largest absolute Gasteiger partial charge is 0.355 e. The molecule has 1 aliphatic heterocycles. The van der Waals surface area contributed by atoms with Gasteiger partial charge in [-0.1, -0.05) is 0 Å². The molecule has 116 valence electrons. The molecule has 1 aromatic rings. The molecule has 0 spiro atoms. The summed E-state index contributed by atoms with van der Waals surface area (Å²) in [5.41, 5.74) is 0.443. The molecule has 1 heterocycles. The van der Waals surface area contributed by atoms with Crippen LogP contribution in [0.4, 0.5) is 0 Å². The van der Waals surface area contributed by atoms with Crippen LogP contribution in [0.25, 0.3) is 0 Å². The van der Waals surface area contributed by atoms with Crippen molar-refractivity contribution in [1.82, 2.24) is 14.9 Å². The Morgan fingerprint density at radius 1 is 1.29 bits per heavy atom. The Hall–Kier alpha value is -1.44. The van der Waals surface area contributed by atoms with Gasteiger partial charge in [-0.05, 0) is 38.1 Å². The number of hydrogen-bond donors (Lipinski definition) is 2. The smallest absolute Gasteiger partial charge is 0.251 e. The SMILES string of the molecule is CNC(=O)c1ccc(S(=O)(=O)N2CCNC(C)C2C)cc1. The van der Waals surface area contributed by atoms with Gasteiger partial charge in [-0.25, -0.2) is 8.42 Å². The Morgan fingerprint density at radius 3 is 2.48 bits per heavy atom. The van der Waals surface area contributed by atoms with Gasteiger partial charge in [-0.2, -0.15) is 4.31 Å². The molecule has 1 amide bonds.